The van der Waals surface area contributed by atoms with Crippen molar-refractivity contribution in [2.45, 2.75) is 139 Å². The van der Waals surface area contributed by atoms with Crippen LogP contribution in [0.15, 0.2) is 60.7 Å². The second-order valence-corrected chi connectivity index (χ2v) is 18.7. The monoisotopic (exact) mass is 1100 g/mol. The van der Waals surface area contributed by atoms with Crippen molar-refractivity contribution in [3.05, 3.63) is 71.8 Å². The number of thiol groups is 1. The third-order valence-electron chi connectivity index (χ3n) is 12.6. The maximum atomic E-state index is 14.2. The van der Waals surface area contributed by atoms with Crippen molar-refractivity contribution >= 4 is 84.2 Å². The number of hydrogen-bond acceptors (Lipinski definition) is 15. The number of benzene rings is 2. The second-order valence-electron chi connectivity index (χ2n) is 18.4. The molecule has 0 aromatic heterocycles. The summed E-state index contributed by atoms with van der Waals surface area (Å²) in [5, 5.41) is 50.3. The third-order valence-corrected chi connectivity index (χ3v) is 12.9. The van der Waals surface area contributed by atoms with Gasteiger partial charge in [0.1, 0.15) is 30.0 Å². The predicted octanol–water partition coefficient (Wildman–Crippen LogP) is 1.97. The number of nitrogens with one attached hydrogen (secondary N) is 5. The number of ether oxygens (including phenoxy) is 1. The fourth-order valence-corrected chi connectivity index (χ4v) is 8.52. The number of urea groups is 1. The van der Waals surface area contributed by atoms with Crippen LogP contribution in [0.2, 0.25) is 0 Å². The van der Waals surface area contributed by atoms with E-state index in [-0.39, 0.29) is 81.8 Å². The molecule has 77 heavy (non-hydrogen) atoms. The van der Waals surface area contributed by atoms with Crippen molar-refractivity contribution in [1.29, 1.82) is 0 Å². The van der Waals surface area contributed by atoms with E-state index in [0.29, 0.717) is 25.7 Å². The molecule has 0 radical (unpaired) electrons. The molecule has 0 unspecified atom stereocenters. The van der Waals surface area contributed by atoms with Crippen LogP contribution in [0.25, 0.3) is 0 Å². The quantitative estimate of drug-likeness (QED) is 0.0197. The average molecular weight is 1100 g/mol. The van der Waals surface area contributed by atoms with Gasteiger partial charge < -0.3 is 61.5 Å². The van der Waals surface area contributed by atoms with Crippen LogP contribution in [-0.4, -0.2) is 172 Å². The lowest BCUT2D eigenvalue weighted by Gasteiger charge is -2.34. The number of amides is 6. The number of rotatable bonds is 40. The highest BCUT2D eigenvalue weighted by atomic mass is 32.1. The smallest absolute Gasteiger partial charge is 0.327 e. The zero-order chi connectivity index (χ0) is 57.5. The molecule has 424 valence electrons. The van der Waals surface area contributed by atoms with Crippen molar-refractivity contribution in [1.82, 2.24) is 36.4 Å². The average Bonchev–Trinajstić information content (AvgIpc) is 3.38. The summed E-state index contributed by atoms with van der Waals surface area (Å²) in [6.07, 6.45) is 0.919. The highest BCUT2D eigenvalue weighted by Crippen LogP contribution is 2.18. The fraction of sp³-hybridized carbons (Fsp3) is 0.538. The van der Waals surface area contributed by atoms with E-state index in [2.05, 4.69) is 43.9 Å². The number of Topliss-reactive ketones (excluding diaryl/α,β-unsaturated/α-hetero) is 2. The zero-order valence-corrected chi connectivity index (χ0v) is 44.5. The Morgan fingerprint density at radius 3 is 1.71 bits per heavy atom. The molecule has 0 saturated carbocycles. The predicted molar refractivity (Wildman–Crippen MR) is 280 cm³/mol. The van der Waals surface area contributed by atoms with Gasteiger partial charge in [-0.2, -0.15) is 12.6 Å². The van der Waals surface area contributed by atoms with Gasteiger partial charge in [0.2, 0.25) is 23.6 Å². The van der Waals surface area contributed by atoms with E-state index >= 15 is 0 Å². The molecule has 2 rings (SSSR count). The molecule has 7 atom stereocenters. The first-order valence-corrected chi connectivity index (χ1v) is 25.8. The summed E-state index contributed by atoms with van der Waals surface area (Å²) in [5.74, 6) is -10.0. The number of unbranched alkanes of at least 4 members (excludes halogenated alkanes) is 5. The molecule has 6 amide bonds. The van der Waals surface area contributed by atoms with Crippen molar-refractivity contribution in [2.24, 2.45) is 5.92 Å². The van der Waals surface area contributed by atoms with E-state index in [1.807, 2.05) is 12.1 Å². The molecule has 2 aromatic rings. The highest BCUT2D eigenvalue weighted by molar-refractivity contribution is 7.80. The first-order valence-electron chi connectivity index (χ1n) is 25.2. The Balaban J connectivity index is 2.02. The van der Waals surface area contributed by atoms with Crippen molar-refractivity contribution < 1.29 is 82.7 Å². The number of carboxylic acids is 4. The van der Waals surface area contributed by atoms with Gasteiger partial charge >= 0.3 is 29.9 Å². The Labute approximate surface area is 452 Å². The largest absolute Gasteiger partial charge is 0.481 e. The number of ketones is 2. The van der Waals surface area contributed by atoms with Crippen LogP contribution in [-0.2, 0) is 70.3 Å². The molecular formula is C52H73N7O17S. The Morgan fingerprint density at radius 2 is 1.18 bits per heavy atom. The summed E-state index contributed by atoms with van der Waals surface area (Å²) in [6.45, 7) is -0.333. The number of nitrogens with zero attached hydrogens (tertiary/aromatic N) is 2. The van der Waals surface area contributed by atoms with Gasteiger partial charge in [-0.15, -0.1) is 0 Å². The van der Waals surface area contributed by atoms with E-state index < -0.39 is 109 Å². The number of carbonyl (C=O) groups is 12. The Morgan fingerprint density at radius 1 is 0.610 bits per heavy atom. The number of carbonyl (C=O) groups excluding carboxylic acids is 8. The maximum Gasteiger partial charge on any atom is 0.327 e. The van der Waals surface area contributed by atoms with Crippen LogP contribution in [0.5, 0.6) is 0 Å². The standard InChI is InChI=1S/C52H73N7O17S/c1-53-39(48(69)58(2)40(29-46(66)67)49(70)59(3)41(31-77)51(73)74)30-54-47(68)35(26-33-16-10-8-11-17-33)28-42(62)38(27-34-18-12-9-13-19-34)55-43(63)21-15-7-5-4-6-14-20-36(61)22-23-37(50(71)72)56-52(75)57-44(76-32-60)24-25-45(64)65/h8-13,16-19,32,35,37-41,44,53,77H,4-7,14-15,20-31H2,1-3H3,(H,54,68)(H,55,63)(H,64,65)(H,66,67)(H,71,72)(H,73,74)(H2,56,57,75)/t35-,37+,38+,39+,40+,41+,44-/m1/s1. The third kappa shape index (κ3) is 25.3. The molecule has 0 heterocycles. The van der Waals surface area contributed by atoms with Crippen LogP contribution in [0.3, 0.4) is 0 Å². The van der Waals surface area contributed by atoms with Crippen LogP contribution in [0.4, 0.5) is 4.79 Å². The summed E-state index contributed by atoms with van der Waals surface area (Å²) >= 11 is 3.99. The Hall–Kier alpha value is -7.41. The normalized spacial score (nSPS) is 13.6. The summed E-state index contributed by atoms with van der Waals surface area (Å²) in [5.41, 5.74) is 1.49. The fourth-order valence-electron chi connectivity index (χ4n) is 8.12. The van der Waals surface area contributed by atoms with Gasteiger partial charge in [-0.05, 0) is 50.3 Å². The molecule has 9 N–H and O–H groups in total. The van der Waals surface area contributed by atoms with Gasteiger partial charge in [0.05, 0.1) is 18.9 Å². The van der Waals surface area contributed by atoms with E-state index in [1.54, 1.807) is 48.5 Å². The minimum absolute atomic E-state index is 0.0154. The molecule has 0 aliphatic heterocycles. The number of likely N-dealkylation sites (N-methyl/N-ethyl adjacent to an activating group) is 3. The zero-order valence-electron chi connectivity index (χ0n) is 43.6. The lowest BCUT2D eigenvalue weighted by Crippen LogP contribution is -2.58. The number of hydrogen-bond donors (Lipinski definition) is 10. The summed E-state index contributed by atoms with van der Waals surface area (Å²) in [4.78, 5) is 152. The minimum atomic E-state index is -1.61. The SMILES string of the molecule is CN[C@@H](CNC(=O)[C@@H](CC(=O)[C@H](Cc1ccccc1)NC(=O)CCCCCCCCC(=O)CC[C@H](NC(=O)N[C@@H](CCC(=O)O)OC=O)C(=O)O)Cc1ccccc1)C(=O)N(C)[C@@H](CC(=O)O)C(=O)N(C)[C@@H](CS)C(=O)O. The van der Waals surface area contributed by atoms with Crippen molar-refractivity contribution in [2.75, 3.05) is 33.4 Å². The van der Waals surface area contributed by atoms with Crippen molar-refractivity contribution in [3.63, 3.8) is 0 Å². The van der Waals surface area contributed by atoms with E-state index in [9.17, 15) is 72.9 Å². The molecule has 0 spiro atoms. The molecule has 0 bridgehead atoms. The molecule has 0 aliphatic rings. The van der Waals surface area contributed by atoms with E-state index in [4.69, 9.17) is 5.11 Å². The van der Waals surface area contributed by atoms with Crippen LogP contribution in [0, 0.1) is 5.92 Å². The van der Waals surface area contributed by atoms with Crippen LogP contribution >= 0.6 is 12.6 Å². The minimum Gasteiger partial charge on any atom is -0.481 e. The van der Waals surface area contributed by atoms with Gasteiger partial charge in [0.25, 0.3) is 6.47 Å². The van der Waals surface area contributed by atoms with Gasteiger partial charge in [-0.25, -0.2) is 14.4 Å². The van der Waals surface area contributed by atoms with E-state index in [1.165, 1.54) is 14.1 Å². The summed E-state index contributed by atoms with van der Waals surface area (Å²) < 4.78 is 4.63. The molecule has 2 aromatic carbocycles. The second kappa shape index (κ2) is 35.8. The summed E-state index contributed by atoms with van der Waals surface area (Å²) in [7, 11) is 3.78. The number of carboxylic acid groups (broad SMARTS) is 4. The van der Waals surface area contributed by atoms with Crippen LogP contribution in [0.1, 0.15) is 101 Å². The Kier molecular flexibility index (Phi) is 30.5. The lowest BCUT2D eigenvalue weighted by molar-refractivity contribution is -0.154. The van der Waals surface area contributed by atoms with Gasteiger partial charge in [-0.3, -0.25) is 43.2 Å². The van der Waals surface area contributed by atoms with Gasteiger partial charge in [0.15, 0.2) is 12.0 Å². The van der Waals surface area contributed by atoms with Crippen LogP contribution < -0.4 is 26.6 Å². The maximum absolute atomic E-state index is 14.2. The van der Waals surface area contributed by atoms with E-state index in [0.717, 1.165) is 40.8 Å². The molecule has 25 heteroatoms. The first kappa shape index (κ1) is 65.7. The molecule has 0 aliphatic carbocycles. The molecular weight excluding hydrogens is 1030 g/mol. The molecule has 24 nitrogen and oxygen atoms in total. The van der Waals surface area contributed by atoms with Gasteiger partial charge in [-0.1, -0.05) is 86.3 Å². The van der Waals surface area contributed by atoms with Gasteiger partial charge in [0, 0.05) is 64.4 Å². The first-order chi connectivity index (χ1) is 36.6. The highest BCUT2D eigenvalue weighted by Gasteiger charge is 2.38. The Bertz CT molecular complexity index is 2290. The summed E-state index contributed by atoms with van der Waals surface area (Å²) in [6, 6.07) is 10.2. The lowest BCUT2D eigenvalue weighted by atomic mass is 9.89. The molecule has 0 saturated heterocycles. The number of aliphatic carboxylic acids is 4. The van der Waals surface area contributed by atoms with Crippen molar-refractivity contribution in [3.8, 4) is 0 Å². The molecule has 0 fully saturated rings. The topological polar surface area (TPSA) is 362 Å².